The van der Waals surface area contributed by atoms with Gasteiger partial charge in [0.2, 0.25) is 5.91 Å². The molecule has 10 heteroatoms. The first kappa shape index (κ1) is 24.0. The number of alkyl halides is 3. The van der Waals surface area contributed by atoms with Crippen LogP contribution in [0.15, 0.2) is 24.3 Å². The molecule has 2 N–H and O–H groups in total. The van der Waals surface area contributed by atoms with Gasteiger partial charge in [0.1, 0.15) is 6.04 Å². The predicted octanol–water partition coefficient (Wildman–Crippen LogP) is 2.23. The summed E-state index contributed by atoms with van der Waals surface area (Å²) in [6.45, 7) is 3.75. The van der Waals surface area contributed by atoms with Gasteiger partial charge in [0.25, 0.3) is 0 Å². The van der Waals surface area contributed by atoms with Crippen molar-refractivity contribution in [3.05, 3.63) is 35.4 Å². The minimum Gasteiger partial charge on any atom is -0.378 e. The molecule has 5 nitrogen and oxygen atoms in total. The van der Waals surface area contributed by atoms with E-state index in [9.17, 15) is 18.0 Å². The van der Waals surface area contributed by atoms with Crippen molar-refractivity contribution < 1.29 is 22.7 Å². The molecule has 0 spiro atoms. The average molecular weight is 430 g/mol. The lowest BCUT2D eigenvalue weighted by Crippen LogP contribution is -2.53. The molecule has 0 saturated carbocycles. The maximum absolute atomic E-state index is 12.6. The molecule has 2 fully saturated rings. The van der Waals surface area contributed by atoms with Crippen LogP contribution in [0.1, 0.15) is 17.5 Å². The molecule has 0 bridgehead atoms. The number of nitrogens with one attached hydrogen (secondary N) is 2. The number of carbonyl (C=O) groups excluding carboxylic acids is 1. The molecule has 3 rings (SSSR count). The van der Waals surface area contributed by atoms with Gasteiger partial charge in [-0.2, -0.15) is 13.2 Å². The van der Waals surface area contributed by atoms with Crippen LogP contribution in [0.3, 0.4) is 0 Å². The van der Waals surface area contributed by atoms with Gasteiger partial charge in [-0.15, -0.1) is 24.8 Å². The number of halogens is 5. The van der Waals surface area contributed by atoms with Crippen molar-refractivity contribution in [1.29, 1.82) is 0 Å². The summed E-state index contributed by atoms with van der Waals surface area (Å²) in [5.41, 5.74) is 0.201. The Morgan fingerprint density at radius 3 is 2.56 bits per heavy atom. The zero-order valence-corrected chi connectivity index (χ0v) is 16.3. The Bertz CT molecular complexity index is 596. The van der Waals surface area contributed by atoms with Crippen LogP contribution in [0.4, 0.5) is 13.2 Å². The van der Waals surface area contributed by atoms with Crippen molar-refractivity contribution in [1.82, 2.24) is 15.5 Å². The number of hydrogen-bond donors (Lipinski definition) is 2. The van der Waals surface area contributed by atoms with E-state index in [4.69, 9.17) is 4.74 Å². The first-order valence-electron chi connectivity index (χ1n) is 8.42. The van der Waals surface area contributed by atoms with E-state index < -0.39 is 11.7 Å². The second-order valence-electron chi connectivity index (χ2n) is 6.51. The van der Waals surface area contributed by atoms with Crippen molar-refractivity contribution in [2.24, 2.45) is 0 Å². The largest absolute Gasteiger partial charge is 0.416 e. The van der Waals surface area contributed by atoms with Gasteiger partial charge in [0, 0.05) is 32.2 Å². The molecule has 27 heavy (non-hydrogen) atoms. The third kappa shape index (κ3) is 6.80. The second-order valence-corrected chi connectivity index (χ2v) is 6.51. The van der Waals surface area contributed by atoms with Crippen molar-refractivity contribution in [2.75, 3.05) is 32.8 Å². The van der Waals surface area contributed by atoms with Crippen molar-refractivity contribution >= 4 is 30.7 Å². The Morgan fingerprint density at radius 2 is 1.96 bits per heavy atom. The summed E-state index contributed by atoms with van der Waals surface area (Å²) in [7, 11) is 0. The molecule has 0 aliphatic carbocycles. The monoisotopic (exact) mass is 429 g/mol. The topological polar surface area (TPSA) is 53.6 Å². The molecule has 2 atom stereocenters. The SMILES string of the molecule is Cl.Cl.O=C(NC1CCN(Cc2ccc(C(F)(F)F)cc2)C1)C1COCCN1. The Hall–Kier alpha value is -1.06. The fraction of sp³-hybridized carbons (Fsp3) is 0.588. The quantitative estimate of drug-likeness (QED) is 0.770. The van der Waals surface area contributed by atoms with Gasteiger partial charge in [-0.1, -0.05) is 12.1 Å². The van der Waals surface area contributed by atoms with Crippen LogP contribution in [-0.4, -0.2) is 55.7 Å². The van der Waals surface area contributed by atoms with Gasteiger partial charge >= 0.3 is 6.18 Å². The number of likely N-dealkylation sites (tertiary alicyclic amines) is 1. The Kier molecular flexibility index (Phi) is 9.30. The Labute approximate surface area is 168 Å². The number of morpholine rings is 1. The van der Waals surface area contributed by atoms with E-state index in [0.717, 1.165) is 30.7 Å². The lowest BCUT2D eigenvalue weighted by Gasteiger charge is -2.24. The van der Waals surface area contributed by atoms with Gasteiger partial charge in [-0.05, 0) is 24.1 Å². The first-order chi connectivity index (χ1) is 11.9. The fourth-order valence-corrected chi connectivity index (χ4v) is 3.19. The first-order valence-corrected chi connectivity index (χ1v) is 8.42. The van der Waals surface area contributed by atoms with E-state index >= 15 is 0 Å². The van der Waals surface area contributed by atoms with Gasteiger partial charge < -0.3 is 15.4 Å². The number of carbonyl (C=O) groups is 1. The number of benzene rings is 1. The van der Waals surface area contributed by atoms with Crippen LogP contribution in [0.2, 0.25) is 0 Å². The van der Waals surface area contributed by atoms with E-state index in [2.05, 4.69) is 15.5 Å². The van der Waals surface area contributed by atoms with E-state index in [1.54, 1.807) is 0 Å². The minimum absolute atomic E-state index is 0. The molecule has 2 aliphatic heterocycles. The zero-order chi connectivity index (χ0) is 17.9. The Morgan fingerprint density at radius 1 is 1.26 bits per heavy atom. The summed E-state index contributed by atoms with van der Waals surface area (Å²) < 4.78 is 43.0. The highest BCUT2D eigenvalue weighted by Gasteiger charge is 2.30. The zero-order valence-electron chi connectivity index (χ0n) is 14.6. The Balaban J connectivity index is 0.00000182. The number of ether oxygens (including phenoxy) is 1. The average Bonchev–Trinajstić information content (AvgIpc) is 3.02. The normalized spacial score (nSPS) is 23.2. The number of amides is 1. The molecule has 1 amide bonds. The number of hydrogen-bond acceptors (Lipinski definition) is 4. The molecule has 2 heterocycles. The lowest BCUT2D eigenvalue weighted by atomic mass is 10.1. The molecule has 0 radical (unpaired) electrons. The molecule has 1 aromatic rings. The molecule has 2 aliphatic rings. The maximum Gasteiger partial charge on any atom is 0.416 e. The van der Waals surface area contributed by atoms with Gasteiger partial charge in [0.05, 0.1) is 18.8 Å². The van der Waals surface area contributed by atoms with Crippen LogP contribution in [0.5, 0.6) is 0 Å². The molecule has 154 valence electrons. The third-order valence-corrected chi connectivity index (χ3v) is 4.54. The van der Waals surface area contributed by atoms with Crippen LogP contribution >= 0.6 is 24.8 Å². The number of rotatable bonds is 4. The molecule has 0 aromatic heterocycles. The van der Waals surface area contributed by atoms with Crippen LogP contribution < -0.4 is 10.6 Å². The lowest BCUT2D eigenvalue weighted by molar-refractivity contribution is -0.137. The highest BCUT2D eigenvalue weighted by Crippen LogP contribution is 2.29. The highest BCUT2D eigenvalue weighted by molar-refractivity contribution is 5.85. The summed E-state index contributed by atoms with van der Waals surface area (Å²) in [5.74, 6) is -0.0546. The standard InChI is InChI=1S/C17H22F3N3O2.2ClH/c18-17(19,20)13-3-1-12(2-4-13)9-23-7-5-14(10-23)22-16(24)15-11-25-8-6-21-15;;/h1-4,14-15,21H,5-11H2,(H,22,24);2*1H. The van der Waals surface area contributed by atoms with Crippen molar-refractivity contribution in [3.63, 3.8) is 0 Å². The number of nitrogens with zero attached hydrogens (tertiary/aromatic N) is 1. The second kappa shape index (κ2) is 10.5. The van der Waals surface area contributed by atoms with E-state index in [0.29, 0.717) is 32.8 Å². The summed E-state index contributed by atoms with van der Waals surface area (Å²) >= 11 is 0. The van der Waals surface area contributed by atoms with Crippen molar-refractivity contribution in [2.45, 2.75) is 31.2 Å². The predicted molar refractivity (Wildman–Crippen MR) is 100 cm³/mol. The molecular weight excluding hydrogens is 406 g/mol. The highest BCUT2D eigenvalue weighted by atomic mass is 35.5. The molecule has 2 saturated heterocycles. The smallest absolute Gasteiger partial charge is 0.378 e. The van der Waals surface area contributed by atoms with Gasteiger partial charge in [0.15, 0.2) is 0 Å². The summed E-state index contributed by atoms with van der Waals surface area (Å²) in [5, 5.41) is 6.14. The minimum atomic E-state index is -4.31. The van der Waals surface area contributed by atoms with Crippen LogP contribution in [-0.2, 0) is 22.3 Å². The summed E-state index contributed by atoms with van der Waals surface area (Å²) in [6.07, 6.45) is -3.47. The summed E-state index contributed by atoms with van der Waals surface area (Å²) in [6, 6.07) is 5.00. The van der Waals surface area contributed by atoms with Gasteiger partial charge in [-0.25, -0.2) is 0 Å². The third-order valence-electron chi connectivity index (χ3n) is 4.54. The summed E-state index contributed by atoms with van der Waals surface area (Å²) in [4.78, 5) is 14.3. The van der Waals surface area contributed by atoms with Crippen LogP contribution in [0, 0.1) is 0 Å². The molecular formula is C17H24Cl2F3N3O2. The maximum atomic E-state index is 12.6. The van der Waals surface area contributed by atoms with Crippen molar-refractivity contribution in [3.8, 4) is 0 Å². The van der Waals surface area contributed by atoms with Gasteiger partial charge in [-0.3, -0.25) is 9.69 Å². The van der Waals surface area contributed by atoms with E-state index in [1.165, 1.54) is 12.1 Å². The molecule has 2 unspecified atom stereocenters. The molecule has 1 aromatic carbocycles. The fourth-order valence-electron chi connectivity index (χ4n) is 3.19. The van der Waals surface area contributed by atoms with E-state index in [1.807, 2.05) is 0 Å². The van der Waals surface area contributed by atoms with Crippen LogP contribution in [0.25, 0.3) is 0 Å². The van der Waals surface area contributed by atoms with E-state index in [-0.39, 0.29) is 42.8 Å².